The molecule has 0 amide bonds. The molecular formula is C20H14O8. The maximum absolute atomic E-state index is 10.7. The summed E-state index contributed by atoms with van der Waals surface area (Å²) in [6.45, 7) is 0. The van der Waals surface area contributed by atoms with E-state index in [1.165, 1.54) is 48.5 Å². The maximum Gasteiger partial charge on any atom is 0.335 e. The first kappa shape index (κ1) is 20.1. The van der Waals surface area contributed by atoms with Gasteiger partial charge in [-0.1, -0.05) is 12.1 Å². The summed E-state index contributed by atoms with van der Waals surface area (Å²) in [5, 5.41) is 35.9. The zero-order chi connectivity index (χ0) is 20.8. The number of hydrogen-bond acceptors (Lipinski definition) is 4. The predicted molar refractivity (Wildman–Crippen MR) is 98.2 cm³/mol. The SMILES string of the molecule is O=C(O)c1ccc(C(=O)O)cc1.O=C(O)c1ccc2cc(C(=O)O)ccc2c1. The van der Waals surface area contributed by atoms with Gasteiger partial charge in [0, 0.05) is 0 Å². The first-order valence-electron chi connectivity index (χ1n) is 7.76. The molecule has 0 aliphatic heterocycles. The van der Waals surface area contributed by atoms with Crippen LogP contribution in [0.5, 0.6) is 0 Å². The van der Waals surface area contributed by atoms with Gasteiger partial charge >= 0.3 is 23.9 Å². The Morgan fingerprint density at radius 3 is 0.929 bits per heavy atom. The van der Waals surface area contributed by atoms with E-state index < -0.39 is 23.9 Å². The molecule has 0 unspecified atom stereocenters. The third-order valence-corrected chi connectivity index (χ3v) is 3.71. The summed E-state index contributed by atoms with van der Waals surface area (Å²) in [7, 11) is 0. The van der Waals surface area contributed by atoms with Crippen LogP contribution in [0.25, 0.3) is 10.8 Å². The van der Waals surface area contributed by atoms with Crippen molar-refractivity contribution in [2.75, 3.05) is 0 Å². The minimum atomic E-state index is -1.06. The minimum Gasteiger partial charge on any atom is -0.478 e. The van der Waals surface area contributed by atoms with Crippen molar-refractivity contribution in [1.29, 1.82) is 0 Å². The van der Waals surface area contributed by atoms with Crippen molar-refractivity contribution < 1.29 is 39.6 Å². The smallest absolute Gasteiger partial charge is 0.335 e. The first-order valence-corrected chi connectivity index (χ1v) is 7.76. The highest BCUT2D eigenvalue weighted by Crippen LogP contribution is 2.18. The molecular weight excluding hydrogens is 368 g/mol. The second kappa shape index (κ2) is 8.45. The summed E-state index contributed by atoms with van der Waals surface area (Å²) in [5.41, 5.74) is 0.547. The Bertz CT molecular complexity index is 981. The first-order chi connectivity index (χ1) is 13.2. The summed E-state index contributed by atoms with van der Waals surface area (Å²) in [4.78, 5) is 42.1. The maximum atomic E-state index is 10.7. The number of rotatable bonds is 4. The Morgan fingerprint density at radius 2 is 0.679 bits per heavy atom. The summed E-state index contributed by atoms with van der Waals surface area (Å²) >= 11 is 0. The van der Waals surface area contributed by atoms with Gasteiger partial charge in [-0.2, -0.15) is 0 Å². The number of carboxylic acid groups (broad SMARTS) is 4. The Balaban J connectivity index is 0.000000209. The number of benzene rings is 3. The number of carbonyl (C=O) groups is 4. The van der Waals surface area contributed by atoms with Crippen LogP contribution < -0.4 is 0 Å². The quantitative estimate of drug-likeness (QED) is 0.537. The van der Waals surface area contributed by atoms with E-state index in [0.717, 1.165) is 0 Å². The molecule has 8 heteroatoms. The van der Waals surface area contributed by atoms with Gasteiger partial charge in [0.2, 0.25) is 0 Å². The zero-order valence-corrected chi connectivity index (χ0v) is 14.2. The van der Waals surface area contributed by atoms with Crippen LogP contribution in [0.3, 0.4) is 0 Å². The molecule has 0 aliphatic carbocycles. The monoisotopic (exact) mass is 382 g/mol. The average Bonchev–Trinajstić information content (AvgIpc) is 2.67. The van der Waals surface area contributed by atoms with Crippen LogP contribution in [0.2, 0.25) is 0 Å². The van der Waals surface area contributed by atoms with E-state index in [1.807, 2.05) is 0 Å². The highest BCUT2D eigenvalue weighted by atomic mass is 16.4. The zero-order valence-electron chi connectivity index (χ0n) is 14.2. The third kappa shape index (κ3) is 4.92. The van der Waals surface area contributed by atoms with Crippen LogP contribution in [0.15, 0.2) is 60.7 Å². The van der Waals surface area contributed by atoms with Crippen LogP contribution >= 0.6 is 0 Å². The fraction of sp³-hybridized carbons (Fsp3) is 0. The summed E-state index contributed by atoms with van der Waals surface area (Å²) in [6, 6.07) is 14.2. The van der Waals surface area contributed by atoms with Crippen molar-refractivity contribution >= 4 is 34.6 Å². The standard InChI is InChI=1S/C12H8O4.C8H6O4/c13-11(14)9-3-1-7-5-10(12(15)16)4-2-8(7)6-9;9-7(10)5-1-2-6(4-3-5)8(11)12/h1-6H,(H,13,14)(H,15,16);1-4H,(H,9,10)(H,11,12). The van der Waals surface area contributed by atoms with Crippen molar-refractivity contribution in [2.24, 2.45) is 0 Å². The van der Waals surface area contributed by atoms with E-state index >= 15 is 0 Å². The lowest BCUT2D eigenvalue weighted by molar-refractivity contribution is 0.0681. The van der Waals surface area contributed by atoms with Crippen molar-refractivity contribution in [3.8, 4) is 0 Å². The number of aromatic carboxylic acids is 4. The topological polar surface area (TPSA) is 149 Å². The van der Waals surface area contributed by atoms with Crippen molar-refractivity contribution in [3.63, 3.8) is 0 Å². The van der Waals surface area contributed by atoms with Gasteiger partial charge in [0.25, 0.3) is 0 Å². The minimum absolute atomic E-state index is 0.0833. The van der Waals surface area contributed by atoms with E-state index in [9.17, 15) is 19.2 Å². The van der Waals surface area contributed by atoms with Gasteiger partial charge in [0.05, 0.1) is 22.3 Å². The molecule has 0 radical (unpaired) electrons. The molecule has 3 rings (SSSR count). The lowest BCUT2D eigenvalue weighted by Gasteiger charge is -2.01. The number of hydrogen-bond donors (Lipinski definition) is 4. The molecule has 0 aliphatic rings. The van der Waals surface area contributed by atoms with Gasteiger partial charge in [-0.05, 0) is 59.3 Å². The van der Waals surface area contributed by atoms with Crippen LogP contribution in [-0.4, -0.2) is 44.3 Å². The largest absolute Gasteiger partial charge is 0.478 e. The van der Waals surface area contributed by atoms with E-state index in [2.05, 4.69) is 0 Å². The highest BCUT2D eigenvalue weighted by molar-refractivity contribution is 5.98. The fourth-order valence-electron chi connectivity index (χ4n) is 2.27. The van der Waals surface area contributed by atoms with E-state index in [-0.39, 0.29) is 22.3 Å². The van der Waals surface area contributed by atoms with E-state index in [4.69, 9.17) is 20.4 Å². The molecule has 28 heavy (non-hydrogen) atoms. The van der Waals surface area contributed by atoms with Gasteiger partial charge < -0.3 is 20.4 Å². The Kier molecular flexibility index (Phi) is 6.07. The molecule has 0 saturated heterocycles. The third-order valence-electron chi connectivity index (χ3n) is 3.71. The summed E-state index contributed by atoms with van der Waals surface area (Å²) in [5.74, 6) is -4.12. The van der Waals surface area contributed by atoms with Gasteiger partial charge in [-0.25, -0.2) is 19.2 Å². The van der Waals surface area contributed by atoms with Crippen LogP contribution in [0, 0.1) is 0 Å². The Labute approximate surface area is 157 Å². The molecule has 0 fully saturated rings. The van der Waals surface area contributed by atoms with E-state index in [0.29, 0.717) is 10.8 Å². The lowest BCUT2D eigenvalue weighted by atomic mass is 10.0. The van der Waals surface area contributed by atoms with Crippen molar-refractivity contribution in [2.45, 2.75) is 0 Å². The molecule has 3 aromatic rings. The van der Waals surface area contributed by atoms with Crippen molar-refractivity contribution in [1.82, 2.24) is 0 Å². The molecule has 0 aromatic heterocycles. The molecule has 0 bridgehead atoms. The predicted octanol–water partition coefficient (Wildman–Crippen LogP) is 3.32. The lowest BCUT2D eigenvalue weighted by Crippen LogP contribution is -1.99. The molecule has 3 aromatic carbocycles. The van der Waals surface area contributed by atoms with Gasteiger partial charge in [-0.3, -0.25) is 0 Å². The Hall–Kier alpha value is -4.20. The Morgan fingerprint density at radius 1 is 0.429 bits per heavy atom. The molecule has 142 valence electrons. The van der Waals surface area contributed by atoms with Crippen LogP contribution in [-0.2, 0) is 0 Å². The number of carboxylic acids is 4. The molecule has 4 N–H and O–H groups in total. The summed E-state index contributed by atoms with van der Waals surface area (Å²) < 4.78 is 0. The van der Waals surface area contributed by atoms with Gasteiger partial charge in [0.1, 0.15) is 0 Å². The highest BCUT2D eigenvalue weighted by Gasteiger charge is 2.07. The average molecular weight is 382 g/mol. The van der Waals surface area contributed by atoms with Gasteiger partial charge in [-0.15, -0.1) is 0 Å². The number of fused-ring (bicyclic) bond motifs is 1. The second-order valence-electron chi connectivity index (χ2n) is 5.57. The second-order valence-corrected chi connectivity index (χ2v) is 5.57. The normalized spacial score (nSPS) is 9.86. The summed E-state index contributed by atoms with van der Waals surface area (Å²) in [6.07, 6.45) is 0. The molecule has 0 heterocycles. The molecule has 0 atom stereocenters. The van der Waals surface area contributed by atoms with Crippen LogP contribution in [0.1, 0.15) is 41.4 Å². The fourth-order valence-corrected chi connectivity index (χ4v) is 2.27. The molecule has 0 saturated carbocycles. The van der Waals surface area contributed by atoms with Gasteiger partial charge in [0.15, 0.2) is 0 Å². The van der Waals surface area contributed by atoms with Crippen LogP contribution in [0.4, 0.5) is 0 Å². The van der Waals surface area contributed by atoms with Crippen molar-refractivity contribution in [3.05, 3.63) is 82.9 Å². The van der Waals surface area contributed by atoms with E-state index in [1.54, 1.807) is 12.1 Å². The molecule has 0 spiro atoms. The molecule has 8 nitrogen and oxygen atoms in total.